The van der Waals surface area contributed by atoms with Gasteiger partial charge in [-0.05, 0) is 0 Å². The van der Waals surface area contributed by atoms with Crippen molar-refractivity contribution in [3.8, 4) is 11.5 Å². The fraction of sp³-hybridized carbons (Fsp3) is 0.500. The molecule has 1 atom stereocenters. The number of hydrogen-bond donors (Lipinski definition) is 2. The van der Waals surface area contributed by atoms with Crippen LogP contribution in [0, 0.1) is 5.92 Å². The summed E-state index contributed by atoms with van der Waals surface area (Å²) in [6.45, 7) is 2.28. The molecule has 2 N–H and O–H groups in total. The highest BCUT2D eigenvalue weighted by Crippen LogP contribution is 2.30. The molecular weight excluding hydrogens is 232 g/mol. The van der Waals surface area contributed by atoms with Crippen LogP contribution in [0.3, 0.4) is 0 Å². The van der Waals surface area contributed by atoms with Gasteiger partial charge in [-0.15, -0.1) is 11.3 Å². The molecule has 0 radical (unpaired) electrons. The molecule has 5 nitrogen and oxygen atoms in total. The molecular formula is C10H14O5S. The van der Waals surface area contributed by atoms with Crippen LogP contribution in [0.25, 0.3) is 0 Å². The Kier molecular flexibility index (Phi) is 5.07. The van der Waals surface area contributed by atoms with Crippen LogP contribution in [0.5, 0.6) is 11.5 Å². The van der Waals surface area contributed by atoms with Crippen LogP contribution < -0.4 is 4.74 Å². The first-order valence-corrected chi connectivity index (χ1v) is 5.71. The first-order chi connectivity index (χ1) is 7.59. The smallest absolute Gasteiger partial charge is 0.329 e. The zero-order valence-electron chi connectivity index (χ0n) is 8.88. The summed E-state index contributed by atoms with van der Waals surface area (Å²) in [5.41, 5.74) is 0. The van der Waals surface area contributed by atoms with Crippen LogP contribution in [-0.4, -0.2) is 36.0 Å². The lowest BCUT2D eigenvalue weighted by atomic mass is 10.2. The lowest BCUT2D eigenvalue weighted by Crippen LogP contribution is -2.17. The molecule has 90 valence electrons. The fourth-order valence-corrected chi connectivity index (χ4v) is 1.64. The van der Waals surface area contributed by atoms with Crippen molar-refractivity contribution in [1.29, 1.82) is 0 Å². The van der Waals surface area contributed by atoms with Gasteiger partial charge in [0.2, 0.25) is 0 Å². The summed E-state index contributed by atoms with van der Waals surface area (Å²) >= 11 is 1.36. The summed E-state index contributed by atoms with van der Waals surface area (Å²) in [7, 11) is 0. The van der Waals surface area contributed by atoms with Gasteiger partial charge in [-0.1, -0.05) is 6.92 Å². The van der Waals surface area contributed by atoms with E-state index < -0.39 is 5.97 Å². The molecule has 0 saturated heterocycles. The van der Waals surface area contributed by atoms with Crippen molar-refractivity contribution >= 4 is 17.3 Å². The van der Waals surface area contributed by atoms with Crippen molar-refractivity contribution in [3.63, 3.8) is 0 Å². The Balaban J connectivity index is 2.17. The van der Waals surface area contributed by atoms with Gasteiger partial charge in [-0.2, -0.15) is 0 Å². The highest BCUT2D eigenvalue weighted by molar-refractivity contribution is 7.08. The maximum atomic E-state index is 10.2. The van der Waals surface area contributed by atoms with Crippen LogP contribution >= 0.6 is 11.3 Å². The Hall–Kier alpha value is -1.27. The summed E-state index contributed by atoms with van der Waals surface area (Å²) in [6, 6.07) is 0. The summed E-state index contributed by atoms with van der Waals surface area (Å²) in [4.78, 5) is 10.2. The number of thiophene rings is 1. The van der Waals surface area contributed by atoms with Gasteiger partial charge in [0.15, 0.2) is 11.5 Å². The van der Waals surface area contributed by atoms with Gasteiger partial charge in [-0.25, -0.2) is 4.79 Å². The van der Waals surface area contributed by atoms with Gasteiger partial charge in [0, 0.05) is 16.7 Å². The zero-order valence-corrected chi connectivity index (χ0v) is 9.70. The molecule has 0 fully saturated rings. The van der Waals surface area contributed by atoms with Crippen molar-refractivity contribution < 1.29 is 24.5 Å². The van der Waals surface area contributed by atoms with Crippen LogP contribution in [0.2, 0.25) is 0 Å². The minimum absolute atomic E-state index is 0.0682. The van der Waals surface area contributed by atoms with Crippen LogP contribution in [0.15, 0.2) is 10.8 Å². The number of rotatable bonds is 7. The summed E-state index contributed by atoms with van der Waals surface area (Å²) in [5.74, 6) is -0.332. The Labute approximate surface area is 97.2 Å². The molecule has 0 aliphatic rings. The molecule has 16 heavy (non-hydrogen) atoms. The third-order valence-electron chi connectivity index (χ3n) is 1.76. The summed E-state index contributed by atoms with van der Waals surface area (Å²) < 4.78 is 10.2. The topological polar surface area (TPSA) is 76.0 Å². The second-order valence-corrected chi connectivity index (χ2v) is 4.19. The number of carbonyl (C=O) groups is 1. The third-order valence-corrected chi connectivity index (χ3v) is 2.47. The number of aliphatic carboxylic acids is 1. The number of aromatic hydroxyl groups is 1. The predicted molar refractivity (Wildman–Crippen MR) is 59.1 cm³/mol. The molecule has 0 aliphatic carbocycles. The van der Waals surface area contributed by atoms with Gasteiger partial charge < -0.3 is 19.7 Å². The second kappa shape index (κ2) is 6.34. The van der Waals surface area contributed by atoms with Gasteiger partial charge in [0.25, 0.3) is 0 Å². The molecule has 1 aromatic rings. The molecule has 0 aliphatic heterocycles. The highest BCUT2D eigenvalue weighted by atomic mass is 32.1. The summed E-state index contributed by atoms with van der Waals surface area (Å²) in [6.07, 6.45) is 0. The third kappa shape index (κ3) is 4.50. The lowest BCUT2D eigenvalue weighted by molar-refractivity contribution is -0.142. The standard InChI is InChI=1S/C10H14O5S/c1-7(2-14-4-10(12)13)3-15-9-6-16-5-8(9)11/h5-7,11H,2-4H2,1H3,(H,12,13). The first kappa shape index (κ1) is 12.8. The highest BCUT2D eigenvalue weighted by Gasteiger charge is 2.08. The van der Waals surface area contributed by atoms with Crippen molar-refractivity contribution in [3.05, 3.63) is 10.8 Å². The van der Waals surface area contributed by atoms with Crippen molar-refractivity contribution in [2.45, 2.75) is 6.92 Å². The quantitative estimate of drug-likeness (QED) is 0.763. The molecule has 1 rings (SSSR count). The van der Waals surface area contributed by atoms with Crippen molar-refractivity contribution in [2.75, 3.05) is 19.8 Å². The maximum Gasteiger partial charge on any atom is 0.329 e. The zero-order chi connectivity index (χ0) is 12.0. The Morgan fingerprint density at radius 3 is 2.81 bits per heavy atom. The molecule has 0 amide bonds. The number of hydrogen-bond acceptors (Lipinski definition) is 5. The van der Waals surface area contributed by atoms with E-state index in [1.54, 1.807) is 10.8 Å². The molecule has 1 unspecified atom stereocenters. The van der Waals surface area contributed by atoms with Crippen LogP contribution in [0.1, 0.15) is 6.92 Å². The van der Waals surface area contributed by atoms with Crippen LogP contribution in [-0.2, 0) is 9.53 Å². The van der Waals surface area contributed by atoms with E-state index in [9.17, 15) is 9.90 Å². The average Bonchev–Trinajstić information content (AvgIpc) is 2.60. The molecule has 1 heterocycles. The fourth-order valence-electron chi connectivity index (χ4n) is 1.01. The van der Waals surface area contributed by atoms with Crippen LogP contribution in [0.4, 0.5) is 0 Å². The van der Waals surface area contributed by atoms with E-state index in [0.29, 0.717) is 19.0 Å². The number of carboxylic acid groups (broad SMARTS) is 1. The second-order valence-electron chi connectivity index (χ2n) is 3.45. The van der Waals surface area contributed by atoms with E-state index in [4.69, 9.17) is 14.6 Å². The van der Waals surface area contributed by atoms with Gasteiger partial charge in [0.1, 0.15) is 6.61 Å². The van der Waals surface area contributed by atoms with E-state index in [2.05, 4.69) is 0 Å². The molecule has 0 saturated carbocycles. The molecule has 0 spiro atoms. The monoisotopic (exact) mass is 246 g/mol. The van der Waals surface area contributed by atoms with Crippen molar-refractivity contribution in [2.24, 2.45) is 5.92 Å². The molecule has 1 aromatic heterocycles. The molecule has 0 aromatic carbocycles. The van der Waals surface area contributed by atoms with E-state index in [0.717, 1.165) is 0 Å². The van der Waals surface area contributed by atoms with Gasteiger partial charge >= 0.3 is 5.97 Å². The van der Waals surface area contributed by atoms with E-state index in [1.165, 1.54) is 11.3 Å². The maximum absolute atomic E-state index is 10.2. The Morgan fingerprint density at radius 2 is 2.25 bits per heavy atom. The molecule has 6 heteroatoms. The lowest BCUT2D eigenvalue weighted by Gasteiger charge is -2.11. The van der Waals surface area contributed by atoms with Gasteiger partial charge in [0.05, 0.1) is 13.2 Å². The average molecular weight is 246 g/mol. The number of carboxylic acids is 1. The largest absolute Gasteiger partial charge is 0.504 e. The number of ether oxygens (including phenoxy) is 2. The summed E-state index contributed by atoms with van der Waals surface area (Å²) in [5, 5.41) is 20.9. The SMILES string of the molecule is CC(COCC(=O)O)COc1cscc1O. The van der Waals surface area contributed by atoms with E-state index in [-0.39, 0.29) is 18.3 Å². The molecule has 0 bridgehead atoms. The van der Waals surface area contributed by atoms with E-state index in [1.807, 2.05) is 6.92 Å². The van der Waals surface area contributed by atoms with Crippen molar-refractivity contribution in [1.82, 2.24) is 0 Å². The minimum atomic E-state index is -0.983. The Bertz CT molecular complexity index is 336. The minimum Gasteiger partial charge on any atom is -0.504 e. The Morgan fingerprint density at radius 1 is 1.50 bits per heavy atom. The predicted octanol–water partition coefficient (Wildman–Crippen LogP) is 1.57. The normalized spacial score (nSPS) is 12.3. The van der Waals surface area contributed by atoms with E-state index >= 15 is 0 Å². The first-order valence-electron chi connectivity index (χ1n) is 4.77. The van der Waals surface area contributed by atoms with Gasteiger partial charge in [-0.3, -0.25) is 0 Å².